The lowest BCUT2D eigenvalue weighted by molar-refractivity contribution is -0.384. The van der Waals surface area contributed by atoms with E-state index in [0.717, 1.165) is 46.5 Å². The maximum Gasteiger partial charge on any atom is 0.294 e. The van der Waals surface area contributed by atoms with Gasteiger partial charge in [0.05, 0.1) is 28.7 Å². The third kappa shape index (κ3) is 4.93. The van der Waals surface area contributed by atoms with Crippen LogP contribution < -0.4 is 4.90 Å². The molecule has 200 valence electrons. The highest BCUT2D eigenvalue weighted by atomic mass is 32.2. The van der Waals surface area contributed by atoms with Gasteiger partial charge in [-0.15, -0.1) is 0 Å². The van der Waals surface area contributed by atoms with Gasteiger partial charge >= 0.3 is 0 Å². The minimum Gasteiger partial charge on any atom is -0.378 e. The molecule has 3 aliphatic heterocycles. The van der Waals surface area contributed by atoms with Crippen LogP contribution in [0.25, 0.3) is 11.8 Å². The van der Waals surface area contributed by atoms with E-state index in [9.17, 15) is 24.5 Å². The highest BCUT2D eigenvalue weighted by Crippen LogP contribution is 2.36. The van der Waals surface area contributed by atoms with Crippen LogP contribution >= 0.6 is 11.8 Å². The van der Waals surface area contributed by atoms with E-state index in [1.54, 1.807) is 23.1 Å². The predicted octanol–water partition coefficient (Wildman–Crippen LogP) is 3.50. The smallest absolute Gasteiger partial charge is 0.294 e. The molecule has 0 unspecified atom stereocenters. The highest BCUT2D eigenvalue weighted by molar-refractivity contribution is 8.18. The molecular weight excluding hydrogens is 510 g/mol. The van der Waals surface area contributed by atoms with Crippen LogP contribution in [0.1, 0.15) is 29.8 Å². The summed E-state index contributed by atoms with van der Waals surface area (Å²) in [5.41, 5.74) is 3.53. The topological polar surface area (TPSA) is 118 Å². The Labute approximate surface area is 224 Å². The number of rotatable bonds is 6. The van der Waals surface area contributed by atoms with Gasteiger partial charge in [0, 0.05) is 43.6 Å². The number of thioether (sulfide) groups is 1. The Bertz CT molecular complexity index is 1340. The Morgan fingerprint density at radius 2 is 1.82 bits per heavy atom. The Balaban J connectivity index is 1.41. The molecule has 3 fully saturated rings. The number of likely N-dealkylation sites (tertiary alicyclic amines) is 1. The fraction of sp³-hybridized carbons (Fsp3) is 0.423. The van der Waals surface area contributed by atoms with Crippen LogP contribution in [0.15, 0.2) is 29.2 Å². The number of carbonyl (C=O) groups is 3. The summed E-state index contributed by atoms with van der Waals surface area (Å²) >= 11 is 0.818. The summed E-state index contributed by atoms with van der Waals surface area (Å²) < 4.78 is 7.27. The molecule has 0 saturated carbocycles. The minimum atomic E-state index is -0.483. The van der Waals surface area contributed by atoms with Crippen molar-refractivity contribution >= 4 is 46.3 Å². The molecule has 0 N–H and O–H groups in total. The molecule has 0 spiro atoms. The summed E-state index contributed by atoms with van der Waals surface area (Å²) in [6.07, 6.45) is 3.52. The second-order valence-electron chi connectivity index (χ2n) is 9.55. The zero-order chi connectivity index (χ0) is 27.0. The van der Waals surface area contributed by atoms with Crippen molar-refractivity contribution in [3.63, 3.8) is 0 Å². The van der Waals surface area contributed by atoms with Crippen molar-refractivity contribution in [1.82, 2.24) is 14.4 Å². The molecule has 11 nitrogen and oxygen atoms in total. The molecule has 3 saturated heterocycles. The SMILES string of the molecule is Cc1cc(/C=C2\SC(=O)N(CC(=O)N3CCCC3)C2=O)c(C)n1-c1ccc(N2CCOCC2)c([N+](=O)[O-])c1. The van der Waals surface area contributed by atoms with Gasteiger partial charge in [0.2, 0.25) is 5.91 Å². The van der Waals surface area contributed by atoms with E-state index in [4.69, 9.17) is 4.74 Å². The van der Waals surface area contributed by atoms with Gasteiger partial charge in [-0.2, -0.15) is 0 Å². The standard InChI is InChI=1S/C26H29N5O6S/c1-17-13-19(14-23-25(33)29(26(34)38-23)16-24(32)28-7-3-4-8-28)18(2)30(17)20-5-6-21(22(15-20)31(35)36)27-9-11-37-12-10-27/h5-6,13-15H,3-4,7-12,16H2,1-2H3/b23-14-. The third-order valence-corrected chi connectivity index (χ3v) is 8.06. The van der Waals surface area contributed by atoms with Gasteiger partial charge in [-0.3, -0.25) is 29.4 Å². The number of aromatic nitrogens is 1. The van der Waals surface area contributed by atoms with Gasteiger partial charge in [-0.05, 0) is 68.3 Å². The second kappa shape index (κ2) is 10.6. The van der Waals surface area contributed by atoms with Crippen molar-refractivity contribution in [3.05, 3.63) is 56.2 Å². The molecule has 1 aromatic carbocycles. The molecule has 0 radical (unpaired) electrons. The fourth-order valence-corrected chi connectivity index (χ4v) is 6.01. The zero-order valence-electron chi connectivity index (χ0n) is 21.3. The van der Waals surface area contributed by atoms with E-state index in [0.29, 0.717) is 50.8 Å². The van der Waals surface area contributed by atoms with Crippen LogP contribution in [-0.4, -0.2) is 82.3 Å². The minimum absolute atomic E-state index is 0.0160. The molecule has 3 aliphatic rings. The molecular formula is C26H29N5O6S. The summed E-state index contributed by atoms with van der Waals surface area (Å²) in [7, 11) is 0. The first-order valence-electron chi connectivity index (χ1n) is 12.6. The molecule has 0 bridgehead atoms. The van der Waals surface area contributed by atoms with E-state index in [1.165, 1.54) is 0 Å². The van der Waals surface area contributed by atoms with Gasteiger partial charge in [-0.25, -0.2) is 0 Å². The first-order chi connectivity index (χ1) is 18.2. The van der Waals surface area contributed by atoms with E-state index < -0.39 is 11.1 Å². The summed E-state index contributed by atoms with van der Waals surface area (Å²) in [6, 6.07) is 7.05. The Hall–Kier alpha value is -3.64. The van der Waals surface area contributed by atoms with E-state index in [-0.39, 0.29) is 28.0 Å². The van der Waals surface area contributed by atoms with Crippen molar-refractivity contribution in [1.29, 1.82) is 0 Å². The molecule has 0 atom stereocenters. The summed E-state index contributed by atoms with van der Waals surface area (Å²) in [5, 5.41) is 11.5. The number of hydrogen-bond acceptors (Lipinski definition) is 8. The van der Waals surface area contributed by atoms with Gasteiger partial charge in [0.1, 0.15) is 12.2 Å². The first kappa shape index (κ1) is 26.0. The van der Waals surface area contributed by atoms with Crippen LogP contribution in [0.2, 0.25) is 0 Å². The van der Waals surface area contributed by atoms with Gasteiger partial charge < -0.3 is 19.1 Å². The summed E-state index contributed by atoms with van der Waals surface area (Å²) in [6.45, 7) is 7.03. The van der Waals surface area contributed by atoms with Crippen molar-refractivity contribution < 1.29 is 24.0 Å². The lowest BCUT2D eigenvalue weighted by Crippen LogP contribution is -2.40. The van der Waals surface area contributed by atoms with Crippen molar-refractivity contribution in [2.75, 3.05) is 50.8 Å². The van der Waals surface area contributed by atoms with Crippen molar-refractivity contribution in [2.45, 2.75) is 26.7 Å². The number of imide groups is 1. The number of carbonyl (C=O) groups excluding carboxylic acids is 3. The van der Waals surface area contributed by atoms with Gasteiger partial charge in [-0.1, -0.05) is 0 Å². The van der Waals surface area contributed by atoms with Crippen LogP contribution in [0.5, 0.6) is 0 Å². The van der Waals surface area contributed by atoms with Crippen LogP contribution in [-0.2, 0) is 14.3 Å². The number of benzene rings is 1. The lowest BCUT2D eigenvalue weighted by atomic mass is 10.2. The summed E-state index contributed by atoms with van der Waals surface area (Å²) in [5.74, 6) is -0.700. The number of ether oxygens (including phenoxy) is 1. The number of nitro groups is 1. The number of anilines is 1. The number of morpholine rings is 1. The van der Waals surface area contributed by atoms with Crippen molar-refractivity contribution in [3.8, 4) is 5.69 Å². The number of nitro benzene ring substituents is 1. The van der Waals surface area contributed by atoms with Crippen LogP contribution in [0.4, 0.5) is 16.2 Å². The molecule has 5 rings (SSSR count). The Morgan fingerprint density at radius 3 is 2.50 bits per heavy atom. The number of amides is 3. The fourth-order valence-electron chi connectivity index (χ4n) is 5.18. The number of hydrogen-bond donors (Lipinski definition) is 0. The van der Waals surface area contributed by atoms with Gasteiger partial charge in [0.25, 0.3) is 16.8 Å². The normalized spacial score (nSPS) is 19.2. The monoisotopic (exact) mass is 539 g/mol. The molecule has 1 aromatic heterocycles. The highest BCUT2D eigenvalue weighted by Gasteiger charge is 2.37. The molecule has 12 heteroatoms. The number of nitrogens with zero attached hydrogens (tertiary/aromatic N) is 5. The van der Waals surface area contributed by atoms with Crippen LogP contribution in [0.3, 0.4) is 0 Å². The second-order valence-corrected chi connectivity index (χ2v) is 10.5. The summed E-state index contributed by atoms with van der Waals surface area (Å²) in [4.78, 5) is 54.5. The molecule has 2 aromatic rings. The maximum absolute atomic E-state index is 13.0. The van der Waals surface area contributed by atoms with E-state index in [1.807, 2.05) is 35.4 Å². The molecule has 3 amide bonds. The molecule has 38 heavy (non-hydrogen) atoms. The third-order valence-electron chi connectivity index (χ3n) is 7.15. The van der Waals surface area contributed by atoms with Crippen molar-refractivity contribution in [2.24, 2.45) is 0 Å². The Kier molecular flexibility index (Phi) is 7.26. The predicted molar refractivity (Wildman–Crippen MR) is 143 cm³/mol. The average molecular weight is 540 g/mol. The first-order valence-corrected chi connectivity index (χ1v) is 13.4. The quantitative estimate of drug-likeness (QED) is 0.311. The van der Waals surface area contributed by atoms with Crippen LogP contribution in [0, 0.1) is 24.0 Å². The largest absolute Gasteiger partial charge is 0.378 e. The number of aryl methyl sites for hydroxylation is 1. The molecule has 0 aliphatic carbocycles. The lowest BCUT2D eigenvalue weighted by Gasteiger charge is -2.28. The average Bonchev–Trinajstić information content (AvgIpc) is 3.60. The van der Waals surface area contributed by atoms with E-state index in [2.05, 4.69) is 0 Å². The zero-order valence-corrected chi connectivity index (χ0v) is 22.2. The Morgan fingerprint density at radius 1 is 1.11 bits per heavy atom. The van der Waals surface area contributed by atoms with Gasteiger partial charge in [0.15, 0.2) is 0 Å². The van der Waals surface area contributed by atoms with E-state index >= 15 is 0 Å². The molecule has 4 heterocycles. The maximum atomic E-state index is 13.0.